The fraction of sp³-hybridized carbons (Fsp3) is 0.833. The molecule has 0 aliphatic heterocycles. The SMILES string of the molecule is C[C@@H]1C[C@@H]1C(=O)NCCC(=O)NC(C)(C)C. The molecule has 2 atom stereocenters. The number of nitrogens with one attached hydrogen (secondary N) is 2. The first kappa shape index (κ1) is 13.0. The third-order valence-electron chi connectivity index (χ3n) is 2.61. The molecular formula is C12H22N2O2. The second-order valence-electron chi connectivity index (χ2n) is 5.66. The molecule has 0 heterocycles. The molecule has 16 heavy (non-hydrogen) atoms. The van der Waals surface area contributed by atoms with Crippen molar-refractivity contribution in [3.63, 3.8) is 0 Å². The summed E-state index contributed by atoms with van der Waals surface area (Å²) in [5.74, 6) is 0.779. The topological polar surface area (TPSA) is 58.2 Å². The van der Waals surface area contributed by atoms with Gasteiger partial charge in [-0.25, -0.2) is 0 Å². The summed E-state index contributed by atoms with van der Waals surface area (Å²) in [4.78, 5) is 22.9. The highest BCUT2D eigenvalue weighted by molar-refractivity contribution is 5.82. The van der Waals surface area contributed by atoms with Gasteiger partial charge in [0.15, 0.2) is 0 Å². The Morgan fingerprint density at radius 3 is 2.31 bits per heavy atom. The zero-order valence-electron chi connectivity index (χ0n) is 10.6. The summed E-state index contributed by atoms with van der Waals surface area (Å²) in [7, 11) is 0. The summed E-state index contributed by atoms with van der Waals surface area (Å²) in [6.45, 7) is 8.32. The Kier molecular flexibility index (Phi) is 3.94. The summed E-state index contributed by atoms with van der Waals surface area (Å²) >= 11 is 0. The lowest BCUT2D eigenvalue weighted by Crippen LogP contribution is -2.42. The average molecular weight is 226 g/mol. The molecule has 1 saturated carbocycles. The van der Waals surface area contributed by atoms with E-state index in [1.807, 2.05) is 20.8 Å². The van der Waals surface area contributed by atoms with E-state index in [1.54, 1.807) is 0 Å². The summed E-state index contributed by atoms with van der Waals surface area (Å²) in [6.07, 6.45) is 1.34. The lowest BCUT2D eigenvalue weighted by molar-refractivity contribution is -0.123. The molecule has 1 rings (SSSR count). The minimum Gasteiger partial charge on any atom is -0.355 e. The quantitative estimate of drug-likeness (QED) is 0.753. The second kappa shape index (κ2) is 4.85. The molecule has 92 valence electrons. The van der Waals surface area contributed by atoms with E-state index < -0.39 is 0 Å². The van der Waals surface area contributed by atoms with Crippen LogP contribution in [-0.4, -0.2) is 23.9 Å². The molecule has 0 bridgehead atoms. The first-order chi connectivity index (χ1) is 7.29. The van der Waals surface area contributed by atoms with Gasteiger partial charge in [-0.2, -0.15) is 0 Å². The van der Waals surface area contributed by atoms with Crippen molar-refractivity contribution in [1.82, 2.24) is 10.6 Å². The van der Waals surface area contributed by atoms with E-state index >= 15 is 0 Å². The lowest BCUT2D eigenvalue weighted by atomic mass is 10.1. The van der Waals surface area contributed by atoms with E-state index in [-0.39, 0.29) is 23.3 Å². The highest BCUT2D eigenvalue weighted by Crippen LogP contribution is 2.37. The predicted molar refractivity (Wildman–Crippen MR) is 62.8 cm³/mol. The van der Waals surface area contributed by atoms with Crippen molar-refractivity contribution >= 4 is 11.8 Å². The van der Waals surface area contributed by atoms with Gasteiger partial charge < -0.3 is 10.6 Å². The lowest BCUT2D eigenvalue weighted by Gasteiger charge is -2.20. The van der Waals surface area contributed by atoms with Crippen LogP contribution in [0.5, 0.6) is 0 Å². The fourth-order valence-electron chi connectivity index (χ4n) is 1.60. The zero-order valence-corrected chi connectivity index (χ0v) is 10.6. The van der Waals surface area contributed by atoms with Gasteiger partial charge in [-0.15, -0.1) is 0 Å². The minimum atomic E-state index is -0.202. The van der Waals surface area contributed by atoms with Crippen LogP contribution in [-0.2, 0) is 9.59 Å². The highest BCUT2D eigenvalue weighted by Gasteiger charge is 2.38. The van der Waals surface area contributed by atoms with Crippen LogP contribution in [0.4, 0.5) is 0 Å². The van der Waals surface area contributed by atoms with Crippen molar-refractivity contribution in [2.75, 3.05) is 6.54 Å². The maximum absolute atomic E-state index is 11.4. The number of carbonyl (C=O) groups excluding carboxylic acids is 2. The number of hydrogen-bond acceptors (Lipinski definition) is 2. The van der Waals surface area contributed by atoms with Crippen LogP contribution in [0.3, 0.4) is 0 Å². The monoisotopic (exact) mass is 226 g/mol. The Balaban J connectivity index is 2.11. The number of hydrogen-bond donors (Lipinski definition) is 2. The van der Waals surface area contributed by atoms with Gasteiger partial charge >= 0.3 is 0 Å². The molecule has 0 aromatic carbocycles. The summed E-state index contributed by atoms with van der Waals surface area (Å²) in [5.41, 5.74) is -0.202. The number of rotatable bonds is 4. The van der Waals surface area contributed by atoms with E-state index in [9.17, 15) is 9.59 Å². The first-order valence-corrected chi connectivity index (χ1v) is 5.88. The van der Waals surface area contributed by atoms with Crippen molar-refractivity contribution in [2.24, 2.45) is 11.8 Å². The van der Waals surface area contributed by atoms with Crippen molar-refractivity contribution in [3.8, 4) is 0 Å². The molecule has 4 nitrogen and oxygen atoms in total. The van der Waals surface area contributed by atoms with Gasteiger partial charge in [0.2, 0.25) is 11.8 Å². The fourth-order valence-corrected chi connectivity index (χ4v) is 1.60. The van der Waals surface area contributed by atoms with Crippen molar-refractivity contribution in [3.05, 3.63) is 0 Å². The van der Waals surface area contributed by atoms with Crippen molar-refractivity contribution in [1.29, 1.82) is 0 Å². The Hall–Kier alpha value is -1.06. The normalized spacial score (nSPS) is 23.8. The highest BCUT2D eigenvalue weighted by atomic mass is 16.2. The molecule has 2 amide bonds. The molecule has 4 heteroatoms. The van der Waals surface area contributed by atoms with Crippen molar-refractivity contribution in [2.45, 2.75) is 46.1 Å². The average Bonchev–Trinajstić information content (AvgIpc) is 2.79. The van der Waals surface area contributed by atoms with Gasteiger partial charge in [-0.1, -0.05) is 6.92 Å². The molecule has 1 aliphatic rings. The predicted octanol–water partition coefficient (Wildman–Crippen LogP) is 1.06. The Morgan fingerprint density at radius 2 is 1.88 bits per heavy atom. The standard InChI is InChI=1S/C12H22N2O2/c1-8-7-9(8)11(16)13-6-5-10(15)14-12(2,3)4/h8-9H,5-7H2,1-4H3,(H,13,16)(H,14,15)/t8-,9+/m1/s1. The van der Waals surface area contributed by atoms with Crippen LogP contribution in [0.15, 0.2) is 0 Å². The molecule has 0 spiro atoms. The Labute approximate surface area is 97.2 Å². The third-order valence-corrected chi connectivity index (χ3v) is 2.61. The smallest absolute Gasteiger partial charge is 0.223 e. The molecule has 0 radical (unpaired) electrons. The first-order valence-electron chi connectivity index (χ1n) is 5.88. The Bertz CT molecular complexity index is 281. The van der Waals surface area contributed by atoms with Gasteiger partial charge in [0.25, 0.3) is 0 Å². The van der Waals surface area contributed by atoms with E-state index in [0.29, 0.717) is 18.9 Å². The largest absolute Gasteiger partial charge is 0.355 e. The molecular weight excluding hydrogens is 204 g/mol. The van der Waals surface area contributed by atoms with Crippen LogP contribution < -0.4 is 10.6 Å². The third kappa shape index (κ3) is 4.64. The van der Waals surface area contributed by atoms with E-state index in [0.717, 1.165) is 6.42 Å². The van der Waals surface area contributed by atoms with Crippen LogP contribution >= 0.6 is 0 Å². The van der Waals surface area contributed by atoms with Gasteiger partial charge in [-0.05, 0) is 33.1 Å². The molecule has 1 fully saturated rings. The van der Waals surface area contributed by atoms with Crippen LogP contribution in [0, 0.1) is 11.8 Å². The van der Waals surface area contributed by atoms with Gasteiger partial charge in [0.05, 0.1) is 0 Å². The maximum Gasteiger partial charge on any atom is 0.223 e. The maximum atomic E-state index is 11.4. The molecule has 0 aromatic heterocycles. The van der Waals surface area contributed by atoms with Gasteiger partial charge in [0, 0.05) is 24.4 Å². The number of carbonyl (C=O) groups is 2. The second-order valence-corrected chi connectivity index (χ2v) is 5.66. The number of amides is 2. The molecule has 0 aromatic rings. The molecule has 0 saturated heterocycles. The summed E-state index contributed by atoms with van der Waals surface area (Å²) in [5, 5.41) is 5.65. The Morgan fingerprint density at radius 1 is 1.31 bits per heavy atom. The summed E-state index contributed by atoms with van der Waals surface area (Å²) < 4.78 is 0. The minimum absolute atomic E-state index is 0.0170. The summed E-state index contributed by atoms with van der Waals surface area (Å²) in [6, 6.07) is 0. The van der Waals surface area contributed by atoms with E-state index in [2.05, 4.69) is 17.6 Å². The van der Waals surface area contributed by atoms with Crippen LogP contribution in [0.25, 0.3) is 0 Å². The van der Waals surface area contributed by atoms with Crippen LogP contribution in [0.2, 0.25) is 0 Å². The zero-order chi connectivity index (χ0) is 12.3. The molecule has 2 N–H and O–H groups in total. The van der Waals surface area contributed by atoms with Gasteiger partial charge in [0.1, 0.15) is 0 Å². The van der Waals surface area contributed by atoms with Gasteiger partial charge in [-0.3, -0.25) is 9.59 Å². The van der Waals surface area contributed by atoms with E-state index in [1.165, 1.54) is 0 Å². The van der Waals surface area contributed by atoms with E-state index in [4.69, 9.17) is 0 Å². The molecule has 0 unspecified atom stereocenters. The molecule has 1 aliphatic carbocycles. The van der Waals surface area contributed by atoms with Crippen molar-refractivity contribution < 1.29 is 9.59 Å². The van der Waals surface area contributed by atoms with Crippen LogP contribution in [0.1, 0.15) is 40.5 Å².